The number of hydrogen-bond donors (Lipinski definition) is 0. The molecule has 5 heteroatoms. The maximum Gasteiger partial charge on any atom is 0.242 e. The molecule has 0 aliphatic heterocycles. The molecule has 0 aliphatic rings. The van der Waals surface area contributed by atoms with Gasteiger partial charge in [-0.15, -0.1) is 0 Å². The lowest BCUT2D eigenvalue weighted by Crippen LogP contribution is -1.91. The molecule has 0 N–H and O–H groups in total. The van der Waals surface area contributed by atoms with Gasteiger partial charge in [0, 0.05) is 0 Å². The van der Waals surface area contributed by atoms with Gasteiger partial charge >= 0.3 is 0 Å². The molecule has 0 unspecified atom stereocenters. The Balaban J connectivity index is 2.26. The van der Waals surface area contributed by atoms with Crippen LogP contribution < -0.4 is 4.74 Å². The summed E-state index contributed by atoms with van der Waals surface area (Å²) in [5, 5.41) is 0.427. The van der Waals surface area contributed by atoms with E-state index < -0.39 is 0 Å². The third-order valence-corrected chi connectivity index (χ3v) is 2.36. The second-order valence-electron chi connectivity index (χ2n) is 3.21. The highest BCUT2D eigenvalue weighted by Crippen LogP contribution is 2.27. The predicted octanol–water partition coefficient (Wildman–Crippen LogP) is 3.88. The third kappa shape index (κ3) is 2.62. The van der Waals surface area contributed by atoms with E-state index in [-0.39, 0.29) is 11.2 Å². The van der Waals surface area contributed by atoms with E-state index in [0.29, 0.717) is 10.8 Å². The van der Waals surface area contributed by atoms with Crippen LogP contribution in [0.25, 0.3) is 0 Å². The van der Waals surface area contributed by atoms with Gasteiger partial charge in [-0.05, 0) is 30.7 Å². The maximum absolute atomic E-state index is 5.87. The van der Waals surface area contributed by atoms with Crippen LogP contribution in [0.5, 0.6) is 11.6 Å². The van der Waals surface area contributed by atoms with E-state index in [9.17, 15) is 0 Å². The van der Waals surface area contributed by atoms with Crippen LogP contribution in [-0.2, 0) is 0 Å². The second-order valence-corrected chi connectivity index (χ2v) is 3.95. The molecule has 1 aromatic heterocycles. The van der Waals surface area contributed by atoms with Crippen LogP contribution in [0, 0.1) is 6.92 Å². The van der Waals surface area contributed by atoms with Crippen molar-refractivity contribution in [3.05, 3.63) is 46.3 Å². The normalized spacial score (nSPS) is 10.2. The van der Waals surface area contributed by atoms with E-state index >= 15 is 0 Å². The van der Waals surface area contributed by atoms with Crippen LogP contribution in [0.4, 0.5) is 0 Å². The van der Waals surface area contributed by atoms with Crippen LogP contribution in [0.3, 0.4) is 0 Å². The van der Waals surface area contributed by atoms with Gasteiger partial charge in [0.05, 0.1) is 6.20 Å². The van der Waals surface area contributed by atoms with Crippen molar-refractivity contribution >= 4 is 23.2 Å². The summed E-state index contributed by atoms with van der Waals surface area (Å²) in [5.74, 6) is 0.910. The molecule has 0 amide bonds. The van der Waals surface area contributed by atoms with Gasteiger partial charge in [-0.1, -0.05) is 29.3 Å². The number of ether oxygens (including phenoxy) is 1. The third-order valence-electron chi connectivity index (χ3n) is 1.92. The highest BCUT2D eigenvalue weighted by molar-refractivity contribution is 6.32. The summed E-state index contributed by atoms with van der Waals surface area (Å²) in [6.45, 7) is 2.00. The highest BCUT2D eigenvalue weighted by atomic mass is 35.5. The molecule has 0 aliphatic carbocycles. The fraction of sp³-hybridized carbons (Fsp3) is 0.0909. The first-order valence-corrected chi connectivity index (χ1v) is 5.33. The maximum atomic E-state index is 5.87. The lowest BCUT2D eigenvalue weighted by atomic mass is 10.2. The predicted molar refractivity (Wildman–Crippen MR) is 63.3 cm³/mol. The van der Waals surface area contributed by atoms with Crippen LogP contribution in [0.2, 0.25) is 10.3 Å². The number of hydrogen-bond acceptors (Lipinski definition) is 3. The largest absolute Gasteiger partial charge is 0.437 e. The van der Waals surface area contributed by atoms with Gasteiger partial charge in [0.2, 0.25) is 11.2 Å². The Morgan fingerprint density at radius 1 is 1.12 bits per heavy atom. The highest BCUT2D eigenvalue weighted by Gasteiger charge is 2.06. The summed E-state index contributed by atoms with van der Waals surface area (Å²) in [6.07, 6.45) is 1.40. The van der Waals surface area contributed by atoms with Crippen molar-refractivity contribution in [3.63, 3.8) is 0 Å². The SMILES string of the molecule is Cc1ccc(Oc2nc(Cl)ncc2Cl)cc1. The summed E-state index contributed by atoms with van der Waals surface area (Å²) >= 11 is 11.5. The molecule has 0 atom stereocenters. The molecule has 0 spiro atoms. The van der Waals surface area contributed by atoms with Gasteiger partial charge in [-0.25, -0.2) is 4.98 Å². The first-order chi connectivity index (χ1) is 7.65. The van der Waals surface area contributed by atoms with Gasteiger partial charge in [0.1, 0.15) is 10.8 Å². The van der Waals surface area contributed by atoms with Crippen molar-refractivity contribution in [3.8, 4) is 11.6 Å². The first-order valence-electron chi connectivity index (χ1n) is 4.58. The zero-order valence-electron chi connectivity index (χ0n) is 8.45. The van der Waals surface area contributed by atoms with Gasteiger partial charge in [0.25, 0.3) is 0 Å². The lowest BCUT2D eigenvalue weighted by Gasteiger charge is -2.06. The number of halogens is 2. The Morgan fingerprint density at radius 3 is 2.50 bits per heavy atom. The van der Waals surface area contributed by atoms with Gasteiger partial charge in [-0.2, -0.15) is 4.98 Å². The Kier molecular flexibility index (Phi) is 3.27. The molecule has 2 aromatic rings. The minimum Gasteiger partial charge on any atom is -0.437 e. The summed E-state index contributed by atoms with van der Waals surface area (Å²) in [7, 11) is 0. The number of rotatable bonds is 2. The quantitative estimate of drug-likeness (QED) is 0.763. The Bertz CT molecular complexity index is 500. The molecule has 1 heterocycles. The van der Waals surface area contributed by atoms with Crippen LogP contribution in [0.1, 0.15) is 5.56 Å². The molecule has 0 radical (unpaired) electrons. The Labute approximate surface area is 103 Å². The van der Waals surface area contributed by atoms with Crippen LogP contribution in [0.15, 0.2) is 30.5 Å². The molecular weight excluding hydrogens is 247 g/mol. The van der Waals surface area contributed by atoms with Gasteiger partial charge in [-0.3, -0.25) is 0 Å². The molecule has 1 aromatic carbocycles. The average Bonchev–Trinajstić information content (AvgIpc) is 2.27. The fourth-order valence-corrected chi connectivity index (χ4v) is 1.38. The fourth-order valence-electron chi connectivity index (χ4n) is 1.12. The summed E-state index contributed by atoms with van der Waals surface area (Å²) in [5.41, 5.74) is 1.15. The second kappa shape index (κ2) is 4.68. The van der Waals surface area contributed by atoms with E-state index in [2.05, 4.69) is 9.97 Å². The number of aromatic nitrogens is 2. The first kappa shape index (κ1) is 11.2. The molecule has 2 rings (SSSR count). The zero-order chi connectivity index (χ0) is 11.5. The van der Waals surface area contributed by atoms with Crippen molar-refractivity contribution in [2.75, 3.05) is 0 Å². The van der Waals surface area contributed by atoms with Crippen molar-refractivity contribution in [2.45, 2.75) is 6.92 Å². The molecule has 0 bridgehead atoms. The Hall–Kier alpha value is -1.32. The van der Waals surface area contributed by atoms with Crippen molar-refractivity contribution in [1.82, 2.24) is 9.97 Å². The van der Waals surface area contributed by atoms with Crippen LogP contribution >= 0.6 is 23.2 Å². The molecule has 16 heavy (non-hydrogen) atoms. The lowest BCUT2D eigenvalue weighted by molar-refractivity contribution is 0.462. The standard InChI is InChI=1S/C11H8Cl2N2O/c1-7-2-4-8(5-3-7)16-10-9(12)6-14-11(13)15-10/h2-6H,1H3. The molecule has 82 valence electrons. The van der Waals surface area contributed by atoms with E-state index in [1.165, 1.54) is 6.20 Å². The minimum absolute atomic E-state index is 0.103. The number of aryl methyl sites for hydroxylation is 1. The van der Waals surface area contributed by atoms with Crippen molar-refractivity contribution < 1.29 is 4.74 Å². The summed E-state index contributed by atoms with van der Waals surface area (Å²) in [4.78, 5) is 7.63. The molecule has 0 saturated carbocycles. The number of benzene rings is 1. The summed E-state index contributed by atoms with van der Waals surface area (Å²) < 4.78 is 5.48. The molecule has 3 nitrogen and oxygen atoms in total. The van der Waals surface area contributed by atoms with Crippen molar-refractivity contribution in [2.24, 2.45) is 0 Å². The average molecular weight is 255 g/mol. The van der Waals surface area contributed by atoms with Gasteiger partial charge in [0.15, 0.2) is 0 Å². The smallest absolute Gasteiger partial charge is 0.242 e. The van der Waals surface area contributed by atoms with E-state index in [1.807, 2.05) is 31.2 Å². The van der Waals surface area contributed by atoms with Gasteiger partial charge < -0.3 is 4.74 Å². The van der Waals surface area contributed by atoms with E-state index in [4.69, 9.17) is 27.9 Å². The zero-order valence-corrected chi connectivity index (χ0v) is 9.96. The van der Waals surface area contributed by atoms with E-state index in [0.717, 1.165) is 5.56 Å². The molecule has 0 saturated heterocycles. The minimum atomic E-state index is 0.103. The van der Waals surface area contributed by atoms with Crippen molar-refractivity contribution in [1.29, 1.82) is 0 Å². The van der Waals surface area contributed by atoms with E-state index in [1.54, 1.807) is 0 Å². The summed E-state index contributed by atoms with van der Waals surface area (Å²) in [6, 6.07) is 7.54. The van der Waals surface area contributed by atoms with Crippen LogP contribution in [-0.4, -0.2) is 9.97 Å². The number of nitrogens with zero attached hydrogens (tertiary/aromatic N) is 2. The molecule has 0 fully saturated rings. The monoisotopic (exact) mass is 254 g/mol. The molecular formula is C11H8Cl2N2O. The Morgan fingerprint density at radius 2 is 1.81 bits per heavy atom. The topological polar surface area (TPSA) is 35.0 Å².